The van der Waals surface area contributed by atoms with E-state index in [1.54, 1.807) is 0 Å². The van der Waals surface area contributed by atoms with E-state index in [1.165, 1.54) is 12.1 Å². The Morgan fingerprint density at radius 3 is 2.60 bits per heavy atom. The van der Waals surface area contributed by atoms with E-state index in [1.807, 2.05) is 12.1 Å². The fourth-order valence-electron chi connectivity index (χ4n) is 3.55. The zero-order valence-corrected chi connectivity index (χ0v) is 11.9. The van der Waals surface area contributed by atoms with E-state index in [2.05, 4.69) is 17.3 Å². The van der Waals surface area contributed by atoms with Crippen LogP contribution in [0.4, 0.5) is 4.39 Å². The van der Waals surface area contributed by atoms with E-state index in [-0.39, 0.29) is 23.2 Å². The van der Waals surface area contributed by atoms with Crippen molar-refractivity contribution < 1.29 is 9.18 Å². The van der Waals surface area contributed by atoms with Gasteiger partial charge in [-0.25, -0.2) is 4.39 Å². The number of nitrogens with one attached hydrogen (secondary N) is 1. The molecule has 2 saturated heterocycles. The summed E-state index contributed by atoms with van der Waals surface area (Å²) in [7, 11) is 2.13. The van der Waals surface area contributed by atoms with E-state index in [9.17, 15) is 9.18 Å². The third-order valence-corrected chi connectivity index (χ3v) is 4.92. The van der Waals surface area contributed by atoms with Crippen LogP contribution in [0.5, 0.6) is 0 Å². The van der Waals surface area contributed by atoms with Gasteiger partial charge < -0.3 is 10.2 Å². The molecule has 1 atom stereocenters. The molecule has 1 unspecified atom stereocenters. The summed E-state index contributed by atoms with van der Waals surface area (Å²) in [4.78, 5) is 14.2. The molecule has 0 radical (unpaired) electrons. The van der Waals surface area contributed by atoms with Crippen LogP contribution in [0.2, 0.25) is 0 Å². The van der Waals surface area contributed by atoms with E-state index < -0.39 is 0 Å². The topological polar surface area (TPSA) is 32.3 Å². The second kappa shape index (κ2) is 5.17. The van der Waals surface area contributed by atoms with Gasteiger partial charge in [0.1, 0.15) is 5.82 Å². The largest absolute Gasteiger partial charge is 0.352 e. The zero-order chi connectivity index (χ0) is 14.2. The van der Waals surface area contributed by atoms with Crippen LogP contribution in [0.25, 0.3) is 0 Å². The van der Waals surface area contributed by atoms with Gasteiger partial charge in [-0.05, 0) is 57.1 Å². The molecule has 2 aliphatic heterocycles. The molecular weight excluding hydrogens is 255 g/mol. The SMILES string of the molecule is CN1CCC2(CC1)CC(=O)NC2Cc1ccc(F)cc1. The molecule has 20 heavy (non-hydrogen) atoms. The highest BCUT2D eigenvalue weighted by Crippen LogP contribution is 2.42. The Morgan fingerprint density at radius 1 is 1.30 bits per heavy atom. The van der Waals surface area contributed by atoms with Crippen LogP contribution in [0.1, 0.15) is 24.8 Å². The molecule has 4 heteroatoms. The van der Waals surface area contributed by atoms with Crippen molar-refractivity contribution >= 4 is 5.91 Å². The van der Waals surface area contributed by atoms with Crippen molar-refractivity contribution in [1.29, 1.82) is 0 Å². The zero-order valence-electron chi connectivity index (χ0n) is 11.9. The number of hydrogen-bond donors (Lipinski definition) is 1. The van der Waals surface area contributed by atoms with Crippen molar-refractivity contribution in [3.63, 3.8) is 0 Å². The second-order valence-electron chi connectivity index (χ2n) is 6.29. The van der Waals surface area contributed by atoms with Gasteiger partial charge in [-0.2, -0.15) is 0 Å². The van der Waals surface area contributed by atoms with Crippen LogP contribution in [-0.2, 0) is 11.2 Å². The third-order valence-electron chi connectivity index (χ3n) is 4.92. The van der Waals surface area contributed by atoms with Gasteiger partial charge in [0.15, 0.2) is 0 Å². The number of halogens is 1. The summed E-state index contributed by atoms with van der Waals surface area (Å²) in [6, 6.07) is 6.82. The summed E-state index contributed by atoms with van der Waals surface area (Å²) < 4.78 is 13.0. The first-order valence-electron chi connectivity index (χ1n) is 7.30. The highest BCUT2D eigenvalue weighted by atomic mass is 19.1. The molecule has 1 N–H and O–H groups in total. The van der Waals surface area contributed by atoms with Crippen LogP contribution in [0.3, 0.4) is 0 Å². The number of rotatable bonds is 2. The first-order chi connectivity index (χ1) is 9.57. The molecule has 108 valence electrons. The predicted octanol–water partition coefficient (Wildman–Crippen LogP) is 1.97. The number of hydrogen-bond acceptors (Lipinski definition) is 2. The lowest BCUT2D eigenvalue weighted by Gasteiger charge is -2.41. The summed E-state index contributed by atoms with van der Waals surface area (Å²) in [5, 5.41) is 3.14. The maximum atomic E-state index is 13.0. The minimum atomic E-state index is -0.210. The average Bonchev–Trinajstić information content (AvgIpc) is 2.72. The highest BCUT2D eigenvalue weighted by molar-refractivity contribution is 5.80. The Labute approximate surface area is 119 Å². The maximum Gasteiger partial charge on any atom is 0.220 e. The summed E-state index contributed by atoms with van der Waals surface area (Å²) >= 11 is 0. The smallest absolute Gasteiger partial charge is 0.220 e. The molecule has 0 aliphatic carbocycles. The number of likely N-dealkylation sites (tertiary alicyclic amines) is 1. The van der Waals surface area contributed by atoms with Crippen LogP contribution >= 0.6 is 0 Å². The van der Waals surface area contributed by atoms with Crippen molar-refractivity contribution in [1.82, 2.24) is 10.2 Å². The van der Waals surface area contributed by atoms with Gasteiger partial charge in [0.2, 0.25) is 5.91 Å². The predicted molar refractivity (Wildman–Crippen MR) is 75.8 cm³/mol. The molecule has 0 saturated carbocycles. The van der Waals surface area contributed by atoms with Crippen molar-refractivity contribution in [3.05, 3.63) is 35.6 Å². The molecule has 1 spiro atoms. The van der Waals surface area contributed by atoms with Gasteiger partial charge in [-0.3, -0.25) is 4.79 Å². The average molecular weight is 276 g/mol. The van der Waals surface area contributed by atoms with Crippen LogP contribution in [0, 0.1) is 11.2 Å². The van der Waals surface area contributed by atoms with Gasteiger partial charge in [0.25, 0.3) is 0 Å². The van der Waals surface area contributed by atoms with Crippen molar-refractivity contribution in [2.75, 3.05) is 20.1 Å². The van der Waals surface area contributed by atoms with Gasteiger partial charge in [0.05, 0.1) is 0 Å². The Bertz CT molecular complexity index is 492. The maximum absolute atomic E-state index is 13.0. The normalized spacial score (nSPS) is 25.9. The van der Waals surface area contributed by atoms with Gasteiger partial charge in [0, 0.05) is 17.9 Å². The molecule has 2 fully saturated rings. The molecule has 3 rings (SSSR count). The number of piperidine rings is 1. The van der Waals surface area contributed by atoms with Crippen molar-refractivity contribution in [2.45, 2.75) is 31.7 Å². The number of nitrogens with zero attached hydrogens (tertiary/aromatic N) is 1. The van der Waals surface area contributed by atoms with E-state index in [0.29, 0.717) is 6.42 Å². The third kappa shape index (κ3) is 2.57. The Morgan fingerprint density at radius 2 is 1.95 bits per heavy atom. The summed E-state index contributed by atoms with van der Waals surface area (Å²) in [6.45, 7) is 2.10. The lowest BCUT2D eigenvalue weighted by molar-refractivity contribution is -0.119. The monoisotopic (exact) mass is 276 g/mol. The summed E-state index contributed by atoms with van der Waals surface area (Å²) in [6.07, 6.45) is 3.57. The number of carbonyl (C=O) groups excluding carboxylic acids is 1. The van der Waals surface area contributed by atoms with Crippen molar-refractivity contribution in [3.8, 4) is 0 Å². The first-order valence-corrected chi connectivity index (χ1v) is 7.30. The Kier molecular flexibility index (Phi) is 3.50. The molecule has 0 bridgehead atoms. The standard InChI is InChI=1S/C16H21FN2O/c1-19-8-6-16(7-9-19)11-15(20)18-14(16)10-12-2-4-13(17)5-3-12/h2-5,14H,6-11H2,1H3,(H,18,20). The van der Waals surface area contributed by atoms with Crippen molar-refractivity contribution in [2.24, 2.45) is 5.41 Å². The minimum absolute atomic E-state index is 0.0952. The van der Waals surface area contributed by atoms with E-state index in [0.717, 1.165) is 37.9 Å². The number of benzene rings is 1. The Balaban J connectivity index is 1.76. The molecule has 1 aromatic rings. The van der Waals surface area contributed by atoms with Gasteiger partial charge in [-0.15, -0.1) is 0 Å². The first kappa shape index (κ1) is 13.6. The Hall–Kier alpha value is -1.42. The molecule has 1 aromatic carbocycles. The number of carbonyl (C=O) groups is 1. The van der Waals surface area contributed by atoms with Gasteiger partial charge >= 0.3 is 0 Å². The lowest BCUT2D eigenvalue weighted by atomic mass is 9.71. The fraction of sp³-hybridized carbons (Fsp3) is 0.562. The quantitative estimate of drug-likeness (QED) is 0.895. The molecular formula is C16H21FN2O. The van der Waals surface area contributed by atoms with Crippen LogP contribution in [-0.4, -0.2) is 37.0 Å². The molecule has 2 aliphatic rings. The highest BCUT2D eigenvalue weighted by Gasteiger charge is 2.47. The molecule has 0 aromatic heterocycles. The van der Waals surface area contributed by atoms with Crippen LogP contribution in [0.15, 0.2) is 24.3 Å². The van der Waals surface area contributed by atoms with Gasteiger partial charge in [-0.1, -0.05) is 12.1 Å². The van der Waals surface area contributed by atoms with E-state index in [4.69, 9.17) is 0 Å². The lowest BCUT2D eigenvalue weighted by Crippen LogP contribution is -2.46. The summed E-state index contributed by atoms with van der Waals surface area (Å²) in [5.41, 5.74) is 1.19. The fourth-order valence-corrected chi connectivity index (χ4v) is 3.55. The van der Waals surface area contributed by atoms with Crippen LogP contribution < -0.4 is 5.32 Å². The minimum Gasteiger partial charge on any atom is -0.352 e. The summed E-state index contributed by atoms with van der Waals surface area (Å²) in [5.74, 6) is -0.0418. The van der Waals surface area contributed by atoms with E-state index >= 15 is 0 Å². The number of amides is 1. The molecule has 1 amide bonds. The molecule has 3 nitrogen and oxygen atoms in total. The molecule has 2 heterocycles. The second-order valence-corrected chi connectivity index (χ2v) is 6.29.